The van der Waals surface area contributed by atoms with Crippen LogP contribution in [0.25, 0.3) is 0 Å². The third-order valence-electron chi connectivity index (χ3n) is 3.44. The van der Waals surface area contributed by atoms with E-state index in [4.69, 9.17) is 5.73 Å². The number of hydrogen-bond acceptors (Lipinski definition) is 2. The Morgan fingerprint density at radius 1 is 1.14 bits per heavy atom. The Hall–Kier alpha value is -2.36. The molecule has 0 bridgehead atoms. The summed E-state index contributed by atoms with van der Waals surface area (Å²) in [6.45, 7) is 2.58. The van der Waals surface area contributed by atoms with E-state index >= 15 is 0 Å². The van der Waals surface area contributed by atoms with Gasteiger partial charge in [0.1, 0.15) is 5.82 Å². The molecular formula is C17H19FN2O. The summed E-state index contributed by atoms with van der Waals surface area (Å²) in [6, 6.07) is 12.0. The molecule has 110 valence electrons. The number of benzene rings is 2. The van der Waals surface area contributed by atoms with Gasteiger partial charge in [0.25, 0.3) is 5.91 Å². The van der Waals surface area contributed by atoms with Crippen LogP contribution in [-0.2, 0) is 13.0 Å². The van der Waals surface area contributed by atoms with Crippen molar-refractivity contribution in [2.75, 3.05) is 12.8 Å². The second-order valence-corrected chi connectivity index (χ2v) is 5.06. The van der Waals surface area contributed by atoms with Crippen LogP contribution < -0.4 is 5.73 Å². The Morgan fingerprint density at radius 2 is 1.76 bits per heavy atom. The van der Waals surface area contributed by atoms with Gasteiger partial charge in [0, 0.05) is 19.3 Å². The van der Waals surface area contributed by atoms with Crippen LogP contribution in [-0.4, -0.2) is 17.9 Å². The number of halogens is 1. The van der Waals surface area contributed by atoms with Crippen molar-refractivity contribution in [2.24, 2.45) is 0 Å². The average Bonchev–Trinajstić information content (AvgIpc) is 2.47. The maximum atomic E-state index is 13.0. The molecule has 0 aliphatic carbocycles. The Morgan fingerprint density at radius 3 is 2.33 bits per heavy atom. The molecule has 0 aromatic heterocycles. The number of aryl methyl sites for hydroxylation is 1. The van der Waals surface area contributed by atoms with Crippen LogP contribution in [0.2, 0.25) is 0 Å². The molecule has 0 atom stereocenters. The maximum Gasteiger partial charge on any atom is 0.255 e. The van der Waals surface area contributed by atoms with Crippen molar-refractivity contribution >= 4 is 11.6 Å². The number of nitrogen functional groups attached to an aromatic ring is 1. The zero-order valence-corrected chi connectivity index (χ0v) is 12.3. The minimum absolute atomic E-state index is 0.160. The lowest BCUT2D eigenvalue weighted by atomic mass is 10.1. The smallest absolute Gasteiger partial charge is 0.255 e. The van der Waals surface area contributed by atoms with Gasteiger partial charge < -0.3 is 10.6 Å². The van der Waals surface area contributed by atoms with Gasteiger partial charge in [-0.2, -0.15) is 0 Å². The first-order valence-corrected chi connectivity index (χ1v) is 6.89. The molecule has 3 nitrogen and oxygen atoms in total. The predicted octanol–water partition coefficient (Wildman–Crippen LogP) is 3.24. The van der Waals surface area contributed by atoms with Gasteiger partial charge in [-0.15, -0.1) is 0 Å². The first-order chi connectivity index (χ1) is 10.0. The number of hydrogen-bond donors (Lipinski definition) is 1. The topological polar surface area (TPSA) is 46.3 Å². The first-order valence-electron chi connectivity index (χ1n) is 6.89. The Labute approximate surface area is 124 Å². The van der Waals surface area contributed by atoms with E-state index < -0.39 is 5.82 Å². The SMILES string of the molecule is CCc1ccc(CN(C)C(=O)c2ccc(F)cc2N)cc1. The van der Waals surface area contributed by atoms with Crippen molar-refractivity contribution in [3.05, 3.63) is 65.0 Å². The second kappa shape index (κ2) is 6.39. The molecule has 1 amide bonds. The summed E-state index contributed by atoms with van der Waals surface area (Å²) < 4.78 is 13.0. The fraction of sp³-hybridized carbons (Fsp3) is 0.235. The predicted molar refractivity (Wildman–Crippen MR) is 82.4 cm³/mol. The summed E-state index contributed by atoms with van der Waals surface area (Å²) in [5, 5.41) is 0. The largest absolute Gasteiger partial charge is 0.398 e. The van der Waals surface area contributed by atoms with Gasteiger partial charge in [-0.25, -0.2) is 4.39 Å². The number of anilines is 1. The van der Waals surface area contributed by atoms with E-state index in [1.807, 2.05) is 12.1 Å². The average molecular weight is 286 g/mol. The fourth-order valence-corrected chi connectivity index (χ4v) is 2.16. The van der Waals surface area contributed by atoms with Crippen LogP contribution in [0, 0.1) is 5.82 Å². The minimum Gasteiger partial charge on any atom is -0.398 e. The Balaban J connectivity index is 2.11. The van der Waals surface area contributed by atoms with Crippen molar-refractivity contribution < 1.29 is 9.18 Å². The number of nitrogens with zero attached hydrogens (tertiary/aromatic N) is 1. The van der Waals surface area contributed by atoms with Crippen LogP contribution in [0.1, 0.15) is 28.4 Å². The number of amides is 1. The lowest BCUT2D eigenvalue weighted by Gasteiger charge is -2.18. The molecule has 2 aromatic rings. The molecule has 0 fully saturated rings. The van der Waals surface area contributed by atoms with Crippen LogP contribution in [0.4, 0.5) is 10.1 Å². The Bertz CT molecular complexity index is 638. The van der Waals surface area contributed by atoms with Crippen LogP contribution in [0.3, 0.4) is 0 Å². The van der Waals surface area contributed by atoms with E-state index in [0.717, 1.165) is 18.1 Å². The van der Waals surface area contributed by atoms with E-state index in [-0.39, 0.29) is 11.6 Å². The van der Waals surface area contributed by atoms with Crippen LogP contribution in [0.15, 0.2) is 42.5 Å². The zero-order chi connectivity index (χ0) is 15.4. The molecule has 2 N–H and O–H groups in total. The van der Waals surface area contributed by atoms with E-state index in [1.165, 1.54) is 17.7 Å². The molecule has 0 unspecified atom stereocenters. The highest BCUT2D eigenvalue weighted by Gasteiger charge is 2.15. The minimum atomic E-state index is -0.443. The molecule has 2 rings (SSSR count). The summed E-state index contributed by atoms with van der Waals surface area (Å²) in [7, 11) is 1.71. The molecule has 0 saturated carbocycles. The first kappa shape index (κ1) is 15.0. The highest BCUT2D eigenvalue weighted by Crippen LogP contribution is 2.16. The second-order valence-electron chi connectivity index (χ2n) is 5.06. The van der Waals surface area contributed by atoms with Gasteiger partial charge in [-0.05, 0) is 35.7 Å². The number of rotatable bonds is 4. The van der Waals surface area contributed by atoms with E-state index in [9.17, 15) is 9.18 Å². The third kappa shape index (κ3) is 3.60. The van der Waals surface area contributed by atoms with E-state index in [1.54, 1.807) is 11.9 Å². The van der Waals surface area contributed by atoms with Crippen molar-refractivity contribution in [3.63, 3.8) is 0 Å². The van der Waals surface area contributed by atoms with E-state index in [0.29, 0.717) is 12.1 Å². The highest BCUT2D eigenvalue weighted by molar-refractivity contribution is 5.98. The highest BCUT2D eigenvalue weighted by atomic mass is 19.1. The summed E-state index contributed by atoms with van der Waals surface area (Å²) in [6.07, 6.45) is 0.987. The molecule has 0 radical (unpaired) electrons. The zero-order valence-electron chi connectivity index (χ0n) is 12.3. The summed E-state index contributed by atoms with van der Waals surface area (Å²) >= 11 is 0. The number of carbonyl (C=O) groups is 1. The normalized spacial score (nSPS) is 10.4. The quantitative estimate of drug-likeness (QED) is 0.877. The van der Waals surface area contributed by atoms with Gasteiger partial charge in [0.2, 0.25) is 0 Å². The monoisotopic (exact) mass is 286 g/mol. The lowest BCUT2D eigenvalue weighted by Crippen LogP contribution is -2.27. The molecule has 21 heavy (non-hydrogen) atoms. The molecule has 0 heterocycles. The van der Waals surface area contributed by atoms with Gasteiger partial charge in [-0.1, -0.05) is 31.2 Å². The Kier molecular flexibility index (Phi) is 4.58. The van der Waals surface area contributed by atoms with Gasteiger partial charge >= 0.3 is 0 Å². The van der Waals surface area contributed by atoms with Gasteiger partial charge in [-0.3, -0.25) is 4.79 Å². The van der Waals surface area contributed by atoms with Gasteiger partial charge in [0.15, 0.2) is 0 Å². The molecule has 0 spiro atoms. The summed E-state index contributed by atoms with van der Waals surface area (Å²) in [5.74, 6) is -0.658. The van der Waals surface area contributed by atoms with Crippen LogP contribution >= 0.6 is 0 Å². The third-order valence-corrected chi connectivity index (χ3v) is 3.44. The lowest BCUT2D eigenvalue weighted by molar-refractivity contribution is 0.0786. The van der Waals surface area contributed by atoms with E-state index in [2.05, 4.69) is 19.1 Å². The maximum absolute atomic E-state index is 13.0. The summed E-state index contributed by atoms with van der Waals surface area (Å²) in [5.41, 5.74) is 8.49. The van der Waals surface area contributed by atoms with Crippen molar-refractivity contribution in [1.29, 1.82) is 0 Å². The molecule has 2 aromatic carbocycles. The standard InChI is InChI=1S/C17H19FN2O/c1-3-12-4-6-13(7-5-12)11-20(2)17(21)15-9-8-14(18)10-16(15)19/h4-10H,3,11,19H2,1-2H3. The molecule has 0 aliphatic heterocycles. The van der Waals surface area contributed by atoms with Crippen molar-refractivity contribution in [2.45, 2.75) is 19.9 Å². The summed E-state index contributed by atoms with van der Waals surface area (Å²) in [4.78, 5) is 13.9. The molecular weight excluding hydrogens is 267 g/mol. The van der Waals surface area contributed by atoms with Crippen molar-refractivity contribution in [3.8, 4) is 0 Å². The van der Waals surface area contributed by atoms with Crippen molar-refractivity contribution in [1.82, 2.24) is 4.90 Å². The molecule has 0 aliphatic rings. The van der Waals surface area contributed by atoms with Crippen LogP contribution in [0.5, 0.6) is 0 Å². The molecule has 4 heteroatoms. The molecule has 0 saturated heterocycles. The number of carbonyl (C=O) groups excluding carboxylic acids is 1. The number of nitrogens with two attached hydrogens (primary N) is 1. The fourth-order valence-electron chi connectivity index (χ4n) is 2.16. The van der Waals surface area contributed by atoms with Gasteiger partial charge in [0.05, 0.1) is 5.56 Å².